The quantitative estimate of drug-likeness (QED) is 0.745. The maximum Gasteiger partial charge on any atom is 0.237 e. The van der Waals surface area contributed by atoms with Crippen molar-refractivity contribution in [1.82, 2.24) is 25.3 Å². The van der Waals surface area contributed by atoms with Gasteiger partial charge in [-0.3, -0.25) is 4.79 Å². The van der Waals surface area contributed by atoms with Gasteiger partial charge in [0.2, 0.25) is 5.91 Å². The number of aromatic amines is 1. The van der Waals surface area contributed by atoms with Gasteiger partial charge in [-0.2, -0.15) is 5.26 Å². The van der Waals surface area contributed by atoms with Crippen molar-refractivity contribution in [2.45, 2.75) is 25.8 Å². The van der Waals surface area contributed by atoms with Crippen molar-refractivity contribution in [3.63, 3.8) is 0 Å². The second kappa shape index (κ2) is 6.59. The van der Waals surface area contributed by atoms with Gasteiger partial charge in [-0.25, -0.2) is 15.0 Å². The SMILES string of the molecule is CC(C#N)C(=O)NC1CCCN(c2nc[nH]c3cnc4nccc4c23)C1. The normalized spacial score (nSPS) is 18.6. The van der Waals surface area contributed by atoms with Crippen LogP contribution in [0.1, 0.15) is 19.8 Å². The first-order valence-corrected chi connectivity index (χ1v) is 8.69. The first-order chi connectivity index (χ1) is 12.7. The molecule has 0 saturated carbocycles. The van der Waals surface area contributed by atoms with E-state index in [0.717, 1.165) is 41.5 Å². The Morgan fingerprint density at radius 2 is 2.35 bits per heavy atom. The summed E-state index contributed by atoms with van der Waals surface area (Å²) in [5.41, 5.74) is 1.60. The summed E-state index contributed by atoms with van der Waals surface area (Å²) in [7, 11) is 0. The Balaban J connectivity index is 1.66. The van der Waals surface area contributed by atoms with Gasteiger partial charge in [0, 0.05) is 30.7 Å². The van der Waals surface area contributed by atoms with E-state index < -0.39 is 5.92 Å². The summed E-state index contributed by atoms with van der Waals surface area (Å²) >= 11 is 0. The molecule has 2 atom stereocenters. The molecule has 26 heavy (non-hydrogen) atoms. The number of hydrogen-bond acceptors (Lipinski definition) is 6. The number of carbonyl (C=O) groups excluding carboxylic acids is 1. The molecule has 0 aliphatic carbocycles. The summed E-state index contributed by atoms with van der Waals surface area (Å²) in [6.07, 6.45) is 7.03. The highest BCUT2D eigenvalue weighted by Crippen LogP contribution is 2.30. The fraction of sp³-hybridized carbons (Fsp3) is 0.389. The van der Waals surface area contributed by atoms with Crippen LogP contribution in [0.5, 0.6) is 0 Å². The number of hydrogen-bond donors (Lipinski definition) is 2. The number of anilines is 1. The van der Waals surface area contributed by atoms with Crippen molar-refractivity contribution in [2.75, 3.05) is 18.0 Å². The Bertz CT molecular complexity index is 1010. The zero-order valence-electron chi connectivity index (χ0n) is 14.4. The second-order valence-corrected chi connectivity index (χ2v) is 6.60. The summed E-state index contributed by atoms with van der Waals surface area (Å²) < 4.78 is 0. The van der Waals surface area contributed by atoms with Gasteiger partial charge < -0.3 is 15.2 Å². The number of nitrogens with zero attached hydrogens (tertiary/aromatic N) is 5. The smallest absolute Gasteiger partial charge is 0.237 e. The second-order valence-electron chi connectivity index (χ2n) is 6.60. The summed E-state index contributed by atoms with van der Waals surface area (Å²) in [5.74, 6) is 0.00793. The molecule has 1 amide bonds. The molecule has 3 aromatic rings. The molecule has 8 heteroatoms. The molecule has 0 bridgehead atoms. The lowest BCUT2D eigenvalue weighted by Gasteiger charge is -2.34. The number of fused-ring (bicyclic) bond motifs is 3. The number of nitrogens with one attached hydrogen (secondary N) is 2. The predicted molar refractivity (Wildman–Crippen MR) is 97.3 cm³/mol. The van der Waals surface area contributed by atoms with E-state index >= 15 is 0 Å². The summed E-state index contributed by atoms with van der Waals surface area (Å²) in [6, 6.07) is 3.93. The van der Waals surface area contributed by atoms with E-state index in [2.05, 4.69) is 30.2 Å². The molecular formula is C18H19N7O. The zero-order valence-corrected chi connectivity index (χ0v) is 14.4. The molecule has 1 aliphatic rings. The van der Waals surface area contributed by atoms with Crippen LogP contribution in [0.15, 0.2) is 24.8 Å². The van der Waals surface area contributed by atoms with Gasteiger partial charge in [0.05, 0.1) is 29.5 Å². The monoisotopic (exact) mass is 349 g/mol. The number of pyridine rings is 1. The van der Waals surface area contributed by atoms with Gasteiger partial charge in [-0.05, 0) is 25.8 Å². The third-order valence-corrected chi connectivity index (χ3v) is 4.82. The molecule has 8 nitrogen and oxygen atoms in total. The van der Waals surface area contributed by atoms with Gasteiger partial charge in [-0.1, -0.05) is 0 Å². The van der Waals surface area contributed by atoms with Gasteiger partial charge in [0.25, 0.3) is 0 Å². The van der Waals surface area contributed by atoms with Crippen LogP contribution in [-0.2, 0) is 4.79 Å². The van der Waals surface area contributed by atoms with Crippen LogP contribution < -0.4 is 10.2 Å². The largest absolute Gasteiger partial charge is 0.354 e. The lowest BCUT2D eigenvalue weighted by atomic mass is 10.0. The fourth-order valence-corrected chi connectivity index (χ4v) is 3.45. The molecule has 0 radical (unpaired) electrons. The van der Waals surface area contributed by atoms with Crippen LogP contribution in [0, 0.1) is 17.2 Å². The number of H-pyrrole nitrogens is 1. The summed E-state index contributed by atoms with van der Waals surface area (Å²) in [4.78, 5) is 30.6. The van der Waals surface area contributed by atoms with E-state index in [1.165, 1.54) is 0 Å². The highest BCUT2D eigenvalue weighted by atomic mass is 16.1. The molecule has 2 N–H and O–H groups in total. The van der Waals surface area contributed by atoms with Crippen LogP contribution in [0.3, 0.4) is 0 Å². The molecule has 1 aliphatic heterocycles. The third kappa shape index (κ3) is 2.81. The number of carbonyl (C=O) groups is 1. The molecular weight excluding hydrogens is 330 g/mol. The van der Waals surface area contributed by atoms with Crippen molar-refractivity contribution >= 4 is 33.7 Å². The zero-order chi connectivity index (χ0) is 18.1. The van der Waals surface area contributed by atoms with Gasteiger partial charge >= 0.3 is 0 Å². The average Bonchev–Trinajstić information content (AvgIpc) is 3.16. The number of nitriles is 1. The van der Waals surface area contributed by atoms with E-state index in [0.29, 0.717) is 12.2 Å². The molecule has 132 valence electrons. The maximum atomic E-state index is 12.0. The first-order valence-electron chi connectivity index (χ1n) is 8.69. The molecule has 3 aromatic heterocycles. The first kappa shape index (κ1) is 16.3. The average molecular weight is 349 g/mol. The van der Waals surface area contributed by atoms with Crippen molar-refractivity contribution in [1.29, 1.82) is 5.26 Å². The molecule has 2 unspecified atom stereocenters. The minimum atomic E-state index is -0.642. The Morgan fingerprint density at radius 1 is 1.46 bits per heavy atom. The van der Waals surface area contributed by atoms with Crippen molar-refractivity contribution in [3.05, 3.63) is 24.8 Å². The lowest BCUT2D eigenvalue weighted by molar-refractivity contribution is -0.123. The van der Waals surface area contributed by atoms with Crippen LogP contribution >= 0.6 is 0 Å². The summed E-state index contributed by atoms with van der Waals surface area (Å²) in [6.45, 7) is 3.14. The van der Waals surface area contributed by atoms with Crippen LogP contribution in [0.4, 0.5) is 5.82 Å². The molecule has 1 fully saturated rings. The minimum Gasteiger partial charge on any atom is -0.354 e. The maximum absolute atomic E-state index is 12.0. The van der Waals surface area contributed by atoms with E-state index in [9.17, 15) is 4.79 Å². The topological polar surface area (TPSA) is 111 Å². The van der Waals surface area contributed by atoms with E-state index in [-0.39, 0.29) is 11.9 Å². The van der Waals surface area contributed by atoms with Gasteiger partial charge in [0.15, 0.2) is 5.65 Å². The highest BCUT2D eigenvalue weighted by molar-refractivity contribution is 6.08. The Hall–Kier alpha value is -3.21. The Kier molecular flexibility index (Phi) is 4.13. The predicted octanol–water partition coefficient (Wildman–Crippen LogP) is 1.75. The van der Waals surface area contributed by atoms with Crippen LogP contribution in [-0.4, -0.2) is 45.0 Å². The molecule has 4 rings (SSSR count). The Labute approximate surface area is 150 Å². The number of piperidine rings is 1. The highest BCUT2D eigenvalue weighted by Gasteiger charge is 2.25. The van der Waals surface area contributed by atoms with Crippen LogP contribution in [0.2, 0.25) is 0 Å². The molecule has 1 saturated heterocycles. The molecule has 0 spiro atoms. The van der Waals surface area contributed by atoms with Crippen LogP contribution in [0.25, 0.3) is 21.9 Å². The van der Waals surface area contributed by atoms with Crippen molar-refractivity contribution in [2.24, 2.45) is 5.92 Å². The molecule has 4 heterocycles. The van der Waals surface area contributed by atoms with E-state index in [1.807, 2.05) is 12.1 Å². The third-order valence-electron chi connectivity index (χ3n) is 4.82. The number of amides is 1. The number of rotatable bonds is 3. The van der Waals surface area contributed by atoms with Gasteiger partial charge in [0.1, 0.15) is 11.7 Å². The summed E-state index contributed by atoms with van der Waals surface area (Å²) in [5, 5.41) is 13.9. The van der Waals surface area contributed by atoms with E-state index in [4.69, 9.17) is 5.26 Å². The Morgan fingerprint density at radius 3 is 3.19 bits per heavy atom. The van der Waals surface area contributed by atoms with Gasteiger partial charge in [-0.15, -0.1) is 0 Å². The van der Waals surface area contributed by atoms with Crippen molar-refractivity contribution < 1.29 is 4.79 Å². The standard InChI is InChI=1S/C18H19N7O/c1-11(7-19)18(26)24-12-3-2-6-25(9-12)17-15-13-4-5-20-16(13)21-8-14(15)22-10-23-17/h4-5,8,10-12H,2-3,6,9H2,1H3,(H,22,23)(H,24,26). The number of aromatic nitrogens is 4. The van der Waals surface area contributed by atoms with Crippen molar-refractivity contribution in [3.8, 4) is 6.07 Å². The lowest BCUT2D eigenvalue weighted by Crippen LogP contribution is -2.49. The fourth-order valence-electron chi connectivity index (χ4n) is 3.45. The molecule has 0 aromatic carbocycles. The van der Waals surface area contributed by atoms with E-state index in [1.54, 1.807) is 25.6 Å². The minimum absolute atomic E-state index is 0.00296.